The summed E-state index contributed by atoms with van der Waals surface area (Å²) in [6, 6.07) is 7.36. The van der Waals surface area contributed by atoms with Crippen molar-refractivity contribution in [2.45, 2.75) is 6.18 Å². The van der Waals surface area contributed by atoms with Gasteiger partial charge in [0.2, 0.25) is 15.9 Å². The highest BCUT2D eigenvalue weighted by Crippen LogP contribution is 2.34. The molecule has 0 bridgehead atoms. The highest BCUT2D eigenvalue weighted by atomic mass is 32.2. The summed E-state index contributed by atoms with van der Waals surface area (Å²) >= 11 is 0. The standard InChI is InChI=1S/C17H14F3N3O5S/c1-29(27,28)22-14-8-5-12(17(18,19)20)10-15(14)21-16(24)9-4-11-2-6-13(7-3-11)23(25)26/h2-10,22H,1H3,(H,21,24)/b9-4+. The number of alkyl halides is 3. The molecule has 0 atom stereocenters. The maximum Gasteiger partial charge on any atom is 0.416 e. The van der Waals surface area contributed by atoms with Gasteiger partial charge < -0.3 is 5.32 Å². The molecule has 2 N–H and O–H groups in total. The van der Waals surface area contributed by atoms with Crippen molar-refractivity contribution in [3.63, 3.8) is 0 Å². The van der Waals surface area contributed by atoms with Crippen LogP contribution in [-0.4, -0.2) is 25.5 Å². The van der Waals surface area contributed by atoms with Crippen LogP contribution in [0.1, 0.15) is 11.1 Å². The van der Waals surface area contributed by atoms with E-state index in [0.29, 0.717) is 17.7 Å². The van der Waals surface area contributed by atoms with E-state index in [0.717, 1.165) is 18.4 Å². The Labute approximate surface area is 163 Å². The van der Waals surface area contributed by atoms with E-state index in [-0.39, 0.29) is 17.1 Å². The van der Waals surface area contributed by atoms with E-state index in [1.165, 1.54) is 30.3 Å². The number of nitro groups is 1. The van der Waals surface area contributed by atoms with Crippen molar-refractivity contribution in [3.8, 4) is 0 Å². The average Bonchev–Trinajstić information content (AvgIpc) is 2.59. The summed E-state index contributed by atoms with van der Waals surface area (Å²) in [5.41, 5.74) is -1.41. The number of nitrogens with zero attached hydrogens (tertiary/aromatic N) is 1. The van der Waals surface area contributed by atoms with Crippen molar-refractivity contribution in [1.29, 1.82) is 0 Å². The summed E-state index contributed by atoms with van der Waals surface area (Å²) in [4.78, 5) is 22.1. The van der Waals surface area contributed by atoms with Gasteiger partial charge in [0.25, 0.3) is 5.69 Å². The third kappa shape index (κ3) is 6.60. The predicted molar refractivity (Wildman–Crippen MR) is 101 cm³/mol. The molecule has 2 rings (SSSR count). The molecule has 0 spiro atoms. The third-order valence-electron chi connectivity index (χ3n) is 3.43. The third-order valence-corrected chi connectivity index (χ3v) is 4.02. The maximum atomic E-state index is 12.9. The fourth-order valence-electron chi connectivity index (χ4n) is 2.17. The van der Waals surface area contributed by atoms with Crippen LogP contribution >= 0.6 is 0 Å². The lowest BCUT2D eigenvalue weighted by molar-refractivity contribution is -0.384. The zero-order chi connectivity index (χ0) is 21.8. The van der Waals surface area contributed by atoms with Crippen LogP contribution < -0.4 is 10.0 Å². The Kier molecular flexibility index (Phi) is 6.27. The molecule has 0 heterocycles. The van der Waals surface area contributed by atoms with Gasteiger partial charge in [0.15, 0.2) is 0 Å². The Morgan fingerprint density at radius 1 is 1.10 bits per heavy atom. The van der Waals surface area contributed by atoms with Crippen molar-refractivity contribution in [3.05, 3.63) is 69.8 Å². The number of hydrogen-bond acceptors (Lipinski definition) is 5. The number of benzene rings is 2. The number of amides is 1. The molecule has 154 valence electrons. The predicted octanol–water partition coefficient (Wildman–Crippen LogP) is 3.64. The molecular weight excluding hydrogens is 415 g/mol. The van der Waals surface area contributed by atoms with Crippen LogP contribution in [0.2, 0.25) is 0 Å². The van der Waals surface area contributed by atoms with Crippen molar-refractivity contribution in [2.75, 3.05) is 16.3 Å². The van der Waals surface area contributed by atoms with Gasteiger partial charge in [0.05, 0.1) is 28.1 Å². The van der Waals surface area contributed by atoms with Gasteiger partial charge in [-0.1, -0.05) is 0 Å². The summed E-state index contributed by atoms with van der Waals surface area (Å²) in [7, 11) is -3.81. The van der Waals surface area contributed by atoms with E-state index in [1.54, 1.807) is 0 Å². The molecule has 2 aromatic carbocycles. The molecule has 12 heteroatoms. The molecule has 8 nitrogen and oxygen atoms in total. The van der Waals surface area contributed by atoms with Crippen LogP contribution in [0, 0.1) is 10.1 Å². The van der Waals surface area contributed by atoms with Crippen LogP contribution in [-0.2, 0) is 21.0 Å². The molecule has 0 aliphatic rings. The highest BCUT2D eigenvalue weighted by molar-refractivity contribution is 7.92. The van der Waals surface area contributed by atoms with Gasteiger partial charge in [-0.2, -0.15) is 13.2 Å². The molecule has 2 aromatic rings. The normalized spacial score (nSPS) is 12.0. The molecule has 0 aromatic heterocycles. The first-order valence-electron chi connectivity index (χ1n) is 7.78. The van der Waals surface area contributed by atoms with E-state index in [2.05, 4.69) is 5.32 Å². The highest BCUT2D eigenvalue weighted by Gasteiger charge is 2.31. The van der Waals surface area contributed by atoms with Crippen LogP contribution in [0.25, 0.3) is 6.08 Å². The lowest BCUT2D eigenvalue weighted by Gasteiger charge is -2.14. The number of halogens is 3. The fraction of sp³-hybridized carbons (Fsp3) is 0.118. The molecule has 0 aliphatic carbocycles. The number of nitro benzene ring substituents is 1. The molecule has 0 radical (unpaired) electrons. The fourth-order valence-corrected chi connectivity index (χ4v) is 2.74. The molecule has 0 fully saturated rings. The first-order chi connectivity index (χ1) is 13.3. The second kappa shape index (κ2) is 8.31. The second-order valence-electron chi connectivity index (χ2n) is 5.80. The zero-order valence-corrected chi connectivity index (χ0v) is 15.5. The van der Waals surface area contributed by atoms with Gasteiger partial charge in [0, 0.05) is 18.2 Å². The second-order valence-corrected chi connectivity index (χ2v) is 7.55. The zero-order valence-electron chi connectivity index (χ0n) is 14.7. The average molecular weight is 429 g/mol. The Morgan fingerprint density at radius 2 is 1.72 bits per heavy atom. The lowest BCUT2D eigenvalue weighted by Crippen LogP contribution is -2.16. The first-order valence-corrected chi connectivity index (χ1v) is 9.67. The SMILES string of the molecule is CS(=O)(=O)Nc1ccc(C(F)(F)F)cc1NC(=O)/C=C/c1ccc([N+](=O)[O-])cc1. The topological polar surface area (TPSA) is 118 Å². The number of carbonyl (C=O) groups excluding carboxylic acids is 1. The van der Waals surface area contributed by atoms with Crippen LogP contribution in [0.3, 0.4) is 0 Å². The smallest absolute Gasteiger partial charge is 0.321 e. The molecule has 0 saturated heterocycles. The van der Waals surface area contributed by atoms with Crippen molar-refractivity contribution in [2.24, 2.45) is 0 Å². The Morgan fingerprint density at radius 3 is 2.24 bits per heavy atom. The van der Waals surface area contributed by atoms with E-state index >= 15 is 0 Å². The van der Waals surface area contributed by atoms with E-state index in [1.807, 2.05) is 4.72 Å². The number of sulfonamides is 1. The summed E-state index contributed by atoms with van der Waals surface area (Å²) in [5.74, 6) is -0.834. The van der Waals surface area contributed by atoms with Gasteiger partial charge in [0.1, 0.15) is 0 Å². The molecule has 0 unspecified atom stereocenters. The minimum atomic E-state index is -4.70. The van der Waals surface area contributed by atoms with Gasteiger partial charge in [-0.05, 0) is 42.0 Å². The number of anilines is 2. The summed E-state index contributed by atoms with van der Waals surface area (Å²) in [6.45, 7) is 0. The summed E-state index contributed by atoms with van der Waals surface area (Å²) in [6.07, 6.45) is -1.61. The van der Waals surface area contributed by atoms with Crippen LogP contribution in [0.15, 0.2) is 48.5 Å². The summed E-state index contributed by atoms with van der Waals surface area (Å²) < 4.78 is 63.6. The molecule has 1 amide bonds. The number of rotatable bonds is 6. The van der Waals surface area contributed by atoms with Crippen molar-refractivity contribution in [1.82, 2.24) is 0 Å². The monoisotopic (exact) mass is 429 g/mol. The van der Waals surface area contributed by atoms with Gasteiger partial charge in [-0.3, -0.25) is 19.6 Å². The minimum absolute atomic E-state index is 0.146. The lowest BCUT2D eigenvalue weighted by atomic mass is 10.1. The van der Waals surface area contributed by atoms with Crippen LogP contribution in [0.4, 0.5) is 30.2 Å². The molecule has 29 heavy (non-hydrogen) atoms. The van der Waals surface area contributed by atoms with E-state index in [4.69, 9.17) is 0 Å². The number of nitrogens with one attached hydrogen (secondary N) is 2. The largest absolute Gasteiger partial charge is 0.416 e. The number of hydrogen-bond donors (Lipinski definition) is 2. The van der Waals surface area contributed by atoms with Crippen molar-refractivity contribution < 1.29 is 31.3 Å². The Hall–Kier alpha value is -3.41. The number of non-ortho nitro benzene ring substituents is 1. The number of carbonyl (C=O) groups is 1. The first kappa shape index (κ1) is 21.9. The summed E-state index contributed by atoms with van der Waals surface area (Å²) in [5, 5.41) is 12.8. The van der Waals surface area contributed by atoms with Crippen molar-refractivity contribution >= 4 is 39.1 Å². The maximum absolute atomic E-state index is 12.9. The quantitative estimate of drug-likeness (QED) is 0.413. The van der Waals surface area contributed by atoms with Gasteiger partial charge in [-0.15, -0.1) is 0 Å². The van der Waals surface area contributed by atoms with Crippen LogP contribution in [0.5, 0.6) is 0 Å². The van der Waals surface area contributed by atoms with E-state index < -0.39 is 32.6 Å². The van der Waals surface area contributed by atoms with Gasteiger partial charge in [-0.25, -0.2) is 8.42 Å². The molecule has 0 saturated carbocycles. The minimum Gasteiger partial charge on any atom is -0.321 e. The molecule has 0 aliphatic heterocycles. The Bertz CT molecular complexity index is 1060. The molecular formula is C17H14F3N3O5S. The Balaban J connectivity index is 2.25. The van der Waals surface area contributed by atoms with Gasteiger partial charge >= 0.3 is 6.18 Å². The van der Waals surface area contributed by atoms with E-state index in [9.17, 15) is 36.5 Å².